The molecule has 2 heterocycles. The maximum atomic E-state index is 5.27. The molecular weight excluding hydrogens is 204 g/mol. The lowest BCUT2D eigenvalue weighted by molar-refractivity contribution is 0.329. The number of hydrogen-bond acceptors (Lipinski definition) is 5. The van der Waals surface area contributed by atoms with Crippen molar-refractivity contribution >= 4 is 0 Å². The third-order valence-electron chi connectivity index (χ3n) is 2.87. The summed E-state index contributed by atoms with van der Waals surface area (Å²) in [6.07, 6.45) is 3.93. The lowest BCUT2D eigenvalue weighted by atomic mass is 10.4. The van der Waals surface area contributed by atoms with Gasteiger partial charge in [-0.25, -0.2) is 0 Å². The van der Waals surface area contributed by atoms with Crippen molar-refractivity contribution < 1.29 is 4.42 Å². The van der Waals surface area contributed by atoms with Crippen LogP contribution in [0.3, 0.4) is 0 Å². The van der Waals surface area contributed by atoms with Crippen LogP contribution in [0.15, 0.2) is 4.42 Å². The van der Waals surface area contributed by atoms with E-state index in [2.05, 4.69) is 20.4 Å². The van der Waals surface area contributed by atoms with Crippen molar-refractivity contribution in [2.45, 2.75) is 32.7 Å². The predicted octanol–water partition coefficient (Wildman–Crippen LogP) is 0.954. The molecule has 1 fully saturated rings. The van der Waals surface area contributed by atoms with Crippen LogP contribution in [-0.4, -0.2) is 41.3 Å². The highest BCUT2D eigenvalue weighted by Crippen LogP contribution is 2.06. The lowest BCUT2D eigenvalue weighted by Crippen LogP contribution is -2.24. The zero-order chi connectivity index (χ0) is 11.2. The average Bonchev–Trinajstić information content (AvgIpc) is 2.89. The van der Waals surface area contributed by atoms with Gasteiger partial charge in [-0.15, -0.1) is 10.2 Å². The Bertz CT molecular complexity index is 307. The largest absolute Gasteiger partial charge is 0.424 e. The number of nitrogens with zero attached hydrogens (tertiary/aromatic N) is 3. The number of rotatable bonds is 6. The first-order chi connectivity index (χ1) is 7.84. The van der Waals surface area contributed by atoms with Crippen LogP contribution in [0.25, 0.3) is 0 Å². The van der Waals surface area contributed by atoms with E-state index in [1.165, 1.54) is 38.9 Å². The summed E-state index contributed by atoms with van der Waals surface area (Å²) in [6.45, 7) is 7.27. The lowest BCUT2D eigenvalue weighted by Gasteiger charge is -2.13. The fourth-order valence-electron chi connectivity index (χ4n) is 2.04. The topological polar surface area (TPSA) is 54.2 Å². The first kappa shape index (κ1) is 11.5. The van der Waals surface area contributed by atoms with Crippen molar-refractivity contribution in [2.75, 3.05) is 26.2 Å². The molecule has 1 aliphatic rings. The molecule has 0 saturated carbocycles. The van der Waals surface area contributed by atoms with Gasteiger partial charge in [0.2, 0.25) is 11.8 Å². The number of aryl methyl sites for hydroxylation is 1. The summed E-state index contributed by atoms with van der Waals surface area (Å²) in [5.74, 6) is 1.31. The van der Waals surface area contributed by atoms with E-state index in [0.717, 1.165) is 6.54 Å². The Morgan fingerprint density at radius 3 is 2.81 bits per heavy atom. The molecule has 0 bridgehead atoms. The van der Waals surface area contributed by atoms with Crippen LogP contribution in [0.4, 0.5) is 0 Å². The fourth-order valence-corrected chi connectivity index (χ4v) is 2.04. The molecule has 0 amide bonds. The minimum atomic E-state index is 0.633. The molecule has 5 heteroatoms. The molecule has 1 aromatic heterocycles. The van der Waals surface area contributed by atoms with Crippen LogP contribution in [0, 0.1) is 6.92 Å². The molecule has 0 atom stereocenters. The second-order valence-corrected chi connectivity index (χ2v) is 4.29. The predicted molar refractivity (Wildman–Crippen MR) is 61.0 cm³/mol. The van der Waals surface area contributed by atoms with Crippen molar-refractivity contribution in [2.24, 2.45) is 0 Å². The van der Waals surface area contributed by atoms with Crippen LogP contribution in [0.5, 0.6) is 0 Å². The standard InChI is InChI=1S/C11H20N4O/c1-10-13-14-11(16-10)9-12-5-4-8-15-6-2-3-7-15/h12H,2-9H2,1H3. The molecule has 16 heavy (non-hydrogen) atoms. The SMILES string of the molecule is Cc1nnc(CNCCCN2CCCC2)o1. The van der Waals surface area contributed by atoms with Gasteiger partial charge in [-0.05, 0) is 45.4 Å². The molecular formula is C11H20N4O. The van der Waals surface area contributed by atoms with Gasteiger partial charge in [-0.3, -0.25) is 0 Å². The average molecular weight is 224 g/mol. The first-order valence-corrected chi connectivity index (χ1v) is 6.06. The summed E-state index contributed by atoms with van der Waals surface area (Å²) in [4.78, 5) is 2.53. The highest BCUT2D eigenvalue weighted by molar-refractivity contribution is 4.77. The Morgan fingerprint density at radius 1 is 1.31 bits per heavy atom. The van der Waals surface area contributed by atoms with Crippen molar-refractivity contribution in [1.82, 2.24) is 20.4 Å². The van der Waals surface area contributed by atoms with Gasteiger partial charge in [0.25, 0.3) is 0 Å². The Balaban J connectivity index is 1.51. The third kappa shape index (κ3) is 3.57. The molecule has 5 nitrogen and oxygen atoms in total. The number of likely N-dealkylation sites (tertiary alicyclic amines) is 1. The molecule has 90 valence electrons. The van der Waals surface area contributed by atoms with Crippen molar-refractivity contribution in [3.63, 3.8) is 0 Å². The Morgan fingerprint density at radius 2 is 2.12 bits per heavy atom. The first-order valence-electron chi connectivity index (χ1n) is 6.06. The van der Waals surface area contributed by atoms with Crippen molar-refractivity contribution in [1.29, 1.82) is 0 Å². The smallest absolute Gasteiger partial charge is 0.230 e. The highest BCUT2D eigenvalue weighted by Gasteiger charge is 2.10. The number of hydrogen-bond donors (Lipinski definition) is 1. The molecule has 0 aliphatic carbocycles. The third-order valence-corrected chi connectivity index (χ3v) is 2.87. The van der Waals surface area contributed by atoms with Crippen LogP contribution < -0.4 is 5.32 Å². The van der Waals surface area contributed by atoms with E-state index in [4.69, 9.17) is 4.42 Å². The molecule has 0 unspecified atom stereocenters. The summed E-state index contributed by atoms with van der Waals surface area (Å²) in [5.41, 5.74) is 0. The summed E-state index contributed by atoms with van der Waals surface area (Å²) in [5, 5.41) is 11.0. The minimum Gasteiger partial charge on any atom is -0.424 e. The minimum absolute atomic E-state index is 0.633. The monoisotopic (exact) mass is 224 g/mol. The van der Waals surface area contributed by atoms with Gasteiger partial charge in [0.15, 0.2) is 0 Å². The van der Waals surface area contributed by atoms with E-state index in [0.29, 0.717) is 18.3 Å². The maximum absolute atomic E-state index is 5.27. The maximum Gasteiger partial charge on any atom is 0.230 e. The van der Waals surface area contributed by atoms with E-state index in [1.807, 2.05) is 6.92 Å². The molecule has 0 aromatic carbocycles. The number of aromatic nitrogens is 2. The molecule has 2 rings (SSSR count). The molecule has 1 saturated heterocycles. The summed E-state index contributed by atoms with van der Waals surface area (Å²) < 4.78 is 5.27. The normalized spacial score (nSPS) is 17.1. The Kier molecular flexibility index (Phi) is 4.30. The summed E-state index contributed by atoms with van der Waals surface area (Å²) in [7, 11) is 0. The zero-order valence-corrected chi connectivity index (χ0v) is 9.91. The van der Waals surface area contributed by atoms with E-state index in [9.17, 15) is 0 Å². The van der Waals surface area contributed by atoms with Gasteiger partial charge in [-0.1, -0.05) is 0 Å². The summed E-state index contributed by atoms with van der Waals surface area (Å²) in [6, 6.07) is 0. The Hall–Kier alpha value is -0.940. The highest BCUT2D eigenvalue weighted by atomic mass is 16.4. The molecule has 0 radical (unpaired) electrons. The van der Waals surface area contributed by atoms with Gasteiger partial charge in [-0.2, -0.15) is 0 Å². The summed E-state index contributed by atoms with van der Waals surface area (Å²) >= 11 is 0. The van der Waals surface area contributed by atoms with Crippen LogP contribution >= 0.6 is 0 Å². The van der Waals surface area contributed by atoms with Gasteiger partial charge in [0, 0.05) is 6.92 Å². The number of nitrogens with one attached hydrogen (secondary N) is 1. The van der Waals surface area contributed by atoms with Gasteiger partial charge in [0.05, 0.1) is 6.54 Å². The van der Waals surface area contributed by atoms with E-state index >= 15 is 0 Å². The zero-order valence-electron chi connectivity index (χ0n) is 9.91. The van der Waals surface area contributed by atoms with Crippen LogP contribution in [-0.2, 0) is 6.54 Å². The molecule has 0 spiro atoms. The second-order valence-electron chi connectivity index (χ2n) is 4.29. The van der Waals surface area contributed by atoms with Crippen molar-refractivity contribution in [3.05, 3.63) is 11.8 Å². The van der Waals surface area contributed by atoms with E-state index in [-0.39, 0.29) is 0 Å². The van der Waals surface area contributed by atoms with Crippen molar-refractivity contribution in [3.8, 4) is 0 Å². The second kappa shape index (κ2) is 5.96. The van der Waals surface area contributed by atoms with Gasteiger partial charge >= 0.3 is 0 Å². The Labute approximate surface area is 96.2 Å². The molecule has 1 aromatic rings. The van der Waals surface area contributed by atoms with Crippen LogP contribution in [0.1, 0.15) is 31.0 Å². The molecule has 1 aliphatic heterocycles. The van der Waals surface area contributed by atoms with Crippen LogP contribution in [0.2, 0.25) is 0 Å². The quantitative estimate of drug-likeness (QED) is 0.729. The van der Waals surface area contributed by atoms with Gasteiger partial charge in [0.1, 0.15) is 0 Å². The molecule has 1 N–H and O–H groups in total. The fraction of sp³-hybridized carbons (Fsp3) is 0.818. The van der Waals surface area contributed by atoms with Gasteiger partial charge < -0.3 is 14.6 Å². The van der Waals surface area contributed by atoms with E-state index < -0.39 is 0 Å². The van der Waals surface area contributed by atoms with E-state index in [1.54, 1.807) is 0 Å².